The summed E-state index contributed by atoms with van der Waals surface area (Å²) in [5.41, 5.74) is -2.82. The average molecular weight is 1650 g/mol. The van der Waals surface area contributed by atoms with Gasteiger partial charge >= 0.3 is 60.3 Å². The number of rotatable bonds is 36. The summed E-state index contributed by atoms with van der Waals surface area (Å²) < 4.78 is 84.6. The van der Waals surface area contributed by atoms with Crippen LogP contribution in [0.3, 0.4) is 0 Å². The number of hydrogen-bond donors (Lipinski definition) is 19. The summed E-state index contributed by atoms with van der Waals surface area (Å²) in [7, 11) is 0. The molecule has 0 saturated heterocycles. The maximum Gasteiger partial charge on any atom is 0.416 e. The van der Waals surface area contributed by atoms with Gasteiger partial charge in [-0.3, -0.25) is 0 Å². The van der Waals surface area contributed by atoms with Gasteiger partial charge in [-0.25, -0.2) is 43.2 Å². The fraction of sp³-hybridized carbons (Fsp3) is 0.338. The number of alkyl carbamates (subject to hydrolysis) is 2. The molecule has 0 saturated carbocycles. The molecule has 0 radical (unpaired) electrons. The van der Waals surface area contributed by atoms with Crippen molar-refractivity contribution in [3.05, 3.63) is 148 Å². The lowest BCUT2D eigenvalue weighted by Crippen LogP contribution is -2.39. The minimum absolute atomic E-state index is 0.0601. The Balaban J connectivity index is 0.000000313. The molecular weight excluding hydrogens is 1570 g/mol. The third-order valence-corrected chi connectivity index (χ3v) is 15.9. The van der Waals surface area contributed by atoms with Crippen molar-refractivity contribution in [2.45, 2.75) is 115 Å². The molecule has 19 N–H and O–H groups in total. The van der Waals surface area contributed by atoms with Crippen LogP contribution in [0.15, 0.2) is 109 Å². The van der Waals surface area contributed by atoms with Crippen molar-refractivity contribution in [2.24, 2.45) is 0 Å². The zero-order valence-electron chi connectivity index (χ0n) is 62.4. The first-order valence-electron chi connectivity index (χ1n) is 35.5. The summed E-state index contributed by atoms with van der Waals surface area (Å²) in [4.78, 5) is 111. The Hall–Kier alpha value is -14.2. The molecule has 3 amide bonds. The molecule has 0 aliphatic rings. The number of unbranched alkanes of at least 4 members (excludes halogenated alkanes) is 10. The minimum Gasteiger partial charge on any atom is -0.504 e. The fourth-order valence-electron chi connectivity index (χ4n) is 9.67. The van der Waals surface area contributed by atoms with Gasteiger partial charge < -0.3 is 140 Å². The van der Waals surface area contributed by atoms with E-state index in [0.29, 0.717) is 12.5 Å². The Labute approximate surface area is 662 Å². The van der Waals surface area contributed by atoms with Gasteiger partial charge in [0.25, 0.3) is 0 Å². The highest BCUT2D eigenvalue weighted by Gasteiger charge is 2.32. The van der Waals surface area contributed by atoms with Crippen LogP contribution in [0.2, 0.25) is 0 Å². The second-order valence-corrected chi connectivity index (χ2v) is 25.1. The second kappa shape index (κ2) is 46.1. The third kappa shape index (κ3) is 31.3. The first kappa shape index (κ1) is 93.4. The predicted octanol–water partition coefficient (Wildman–Crippen LogP) is 10.5. The van der Waals surface area contributed by atoms with E-state index in [9.17, 15) is 138 Å². The van der Waals surface area contributed by atoms with Crippen molar-refractivity contribution in [1.29, 1.82) is 0 Å². The number of nitrogens with one attached hydrogen (secondary N) is 3. The number of hydrogen-bond acceptors (Lipinski definition) is 34. The molecule has 0 bridgehead atoms. The summed E-state index contributed by atoms with van der Waals surface area (Å²) in [6.07, 6.45) is 0.660. The molecule has 40 heteroatoms. The van der Waals surface area contributed by atoms with Crippen molar-refractivity contribution in [2.75, 3.05) is 52.7 Å². The molecule has 117 heavy (non-hydrogen) atoms. The highest BCUT2D eigenvalue weighted by molar-refractivity contribution is 5.94. The van der Waals surface area contributed by atoms with Gasteiger partial charge in [-0.15, -0.1) is 0 Å². The lowest BCUT2D eigenvalue weighted by Gasteiger charge is -2.19. The van der Waals surface area contributed by atoms with Gasteiger partial charge in [0.2, 0.25) is 0 Å². The first-order chi connectivity index (χ1) is 55.4. The van der Waals surface area contributed by atoms with E-state index in [0.717, 1.165) is 155 Å². The standard InChI is InChI=1S/C26H33NO12.C26H33NO10.C25H20F3NO12/c1-2-3-4-5-6-7-8-37-26(36)27-13-17(39-25(35)16-11-20(30)23(33)21(31)12-16)14-38-24(34)15-9-18(28)22(32)19(29)10-15;1-2-3-4-5-6-7-12-35-26(34)27-15-19(37-25(33)18-9-11-21(29)23(31)14-18)16-36-24(32)17-8-10-20(28)22(30)13-17;26-25(27,28)13-2-1-3-14(8-13)41-24(38)29-9-15(40-23(37)12-6-18(32)21(35)19(33)7-12)10-39-22(36)11-4-16(30)20(34)17(31)5-11/h9-12,17,28-33H,2-8,13-14H2,1H3,(H,27,36);8-11,13-14,19,28-31H,2-7,12,15-16H2,1H3,(H,27,34);1-8,15,30-35H,9-10H2,(H,29,38). The molecule has 37 nitrogen and oxygen atoms in total. The number of carbonyl (C=O) groups excluding carboxylic acids is 9. The van der Waals surface area contributed by atoms with Crippen LogP contribution in [0.5, 0.6) is 97.7 Å². The van der Waals surface area contributed by atoms with Crippen LogP contribution >= 0.6 is 0 Å². The van der Waals surface area contributed by atoms with Crippen molar-refractivity contribution in [3.63, 3.8) is 0 Å². The molecule has 0 aliphatic carbocycles. The van der Waals surface area contributed by atoms with E-state index in [-0.39, 0.29) is 48.6 Å². The number of halogens is 3. The minimum atomic E-state index is -4.71. The van der Waals surface area contributed by atoms with Gasteiger partial charge in [0.1, 0.15) is 25.6 Å². The van der Waals surface area contributed by atoms with Crippen molar-refractivity contribution in [1.82, 2.24) is 16.0 Å². The Morgan fingerprint density at radius 1 is 0.316 bits per heavy atom. The molecule has 7 aromatic rings. The Morgan fingerprint density at radius 3 is 0.923 bits per heavy atom. The maximum atomic E-state index is 12.9. The van der Waals surface area contributed by atoms with E-state index in [1.54, 1.807) is 0 Å². The van der Waals surface area contributed by atoms with E-state index >= 15 is 0 Å². The number of ether oxygens (including phenoxy) is 9. The normalized spacial score (nSPS) is 11.5. The van der Waals surface area contributed by atoms with E-state index in [2.05, 4.69) is 29.8 Å². The van der Waals surface area contributed by atoms with Crippen molar-refractivity contribution >= 4 is 54.1 Å². The summed E-state index contributed by atoms with van der Waals surface area (Å²) >= 11 is 0. The molecule has 3 atom stereocenters. The summed E-state index contributed by atoms with van der Waals surface area (Å²) in [5, 5.41) is 160. The van der Waals surface area contributed by atoms with Crippen LogP contribution in [0.25, 0.3) is 0 Å². The molecule has 0 heterocycles. The largest absolute Gasteiger partial charge is 0.504 e. The quantitative estimate of drug-likeness (QED) is 0.00751. The number of carbonyl (C=O) groups is 9. The Kier molecular flexibility index (Phi) is 36.8. The molecule has 634 valence electrons. The average Bonchev–Trinajstić information content (AvgIpc) is 0.846. The molecule has 0 aromatic heterocycles. The van der Waals surface area contributed by atoms with Gasteiger partial charge in [-0.2, -0.15) is 13.2 Å². The molecule has 0 aliphatic heterocycles. The molecule has 3 unspecified atom stereocenters. The summed E-state index contributed by atoms with van der Waals surface area (Å²) in [6, 6.07) is 16.4. The topological polar surface area (TPSA) is 596 Å². The maximum absolute atomic E-state index is 12.9. The van der Waals surface area contributed by atoms with Crippen molar-refractivity contribution in [3.8, 4) is 97.7 Å². The molecule has 7 aromatic carbocycles. The van der Waals surface area contributed by atoms with Crippen LogP contribution in [-0.2, 0) is 44.1 Å². The van der Waals surface area contributed by atoms with Crippen molar-refractivity contribution < 1.29 is 181 Å². The zero-order chi connectivity index (χ0) is 86.6. The number of benzene rings is 7. The van der Waals surface area contributed by atoms with Gasteiger partial charge in [-0.05, 0) is 116 Å². The molecule has 0 spiro atoms. The van der Waals surface area contributed by atoms with E-state index in [1.165, 1.54) is 18.6 Å². The molecule has 0 fully saturated rings. The van der Waals surface area contributed by atoms with E-state index in [4.69, 9.17) is 42.6 Å². The lowest BCUT2D eigenvalue weighted by molar-refractivity contribution is -0.137. The number of aromatic hydroxyl groups is 16. The number of esters is 6. The summed E-state index contributed by atoms with van der Waals surface area (Å²) in [5.74, 6) is -18.8. The first-order valence-corrected chi connectivity index (χ1v) is 35.5. The van der Waals surface area contributed by atoms with Gasteiger partial charge in [0, 0.05) is 0 Å². The molecular formula is C77H86F3N3O34. The Bertz CT molecular complexity index is 4480. The zero-order valence-corrected chi connectivity index (χ0v) is 62.4. The fourth-order valence-corrected chi connectivity index (χ4v) is 9.67. The van der Waals surface area contributed by atoms with Crippen LogP contribution in [-0.4, -0.2) is 207 Å². The van der Waals surface area contributed by atoms with Gasteiger partial charge in [0.15, 0.2) is 110 Å². The van der Waals surface area contributed by atoms with Crippen LogP contribution < -0.4 is 20.7 Å². The van der Waals surface area contributed by atoms with Crippen LogP contribution in [0.4, 0.5) is 27.6 Å². The lowest BCUT2D eigenvalue weighted by atomic mass is 10.1. The predicted molar refractivity (Wildman–Crippen MR) is 395 cm³/mol. The van der Waals surface area contributed by atoms with Gasteiger partial charge in [-0.1, -0.05) is 84.1 Å². The number of phenolic OH excluding ortho intramolecular Hbond substituents is 16. The highest BCUT2D eigenvalue weighted by atomic mass is 19.4. The monoisotopic (exact) mass is 1650 g/mol. The SMILES string of the molecule is CCCCCCCCOC(=O)NCC(COC(=O)c1cc(O)c(O)c(O)c1)OC(=O)c1cc(O)c(O)c(O)c1.CCCCCCCCOC(=O)NCC(COC(=O)c1ccc(O)c(O)c1)OC(=O)c1ccc(O)c(O)c1.O=C(NCC(COC(=O)c1cc(O)c(O)c(O)c1)OC(=O)c1cc(O)c(O)c(O)c1)Oc1cccc(C(F)(F)F)c1. The molecule has 7 rings (SSSR count). The van der Waals surface area contributed by atoms with Crippen LogP contribution in [0.1, 0.15) is 159 Å². The van der Waals surface area contributed by atoms with Gasteiger partial charge in [0.05, 0.1) is 71.8 Å². The summed E-state index contributed by atoms with van der Waals surface area (Å²) in [6.45, 7) is 1.51. The third-order valence-electron chi connectivity index (χ3n) is 15.9. The Morgan fingerprint density at radius 2 is 0.598 bits per heavy atom. The number of amides is 3. The highest BCUT2D eigenvalue weighted by Crippen LogP contribution is 2.40. The van der Waals surface area contributed by atoms with E-state index in [1.807, 2.05) is 0 Å². The number of phenols is 16. The second-order valence-electron chi connectivity index (χ2n) is 25.1. The smallest absolute Gasteiger partial charge is 0.416 e. The number of alkyl halides is 3. The van der Waals surface area contributed by atoms with Crippen LogP contribution in [0, 0.1) is 0 Å². The van der Waals surface area contributed by atoms with E-state index < -0.39 is 219 Å².